The summed E-state index contributed by atoms with van der Waals surface area (Å²) in [7, 11) is 0. The maximum absolute atomic E-state index is 12.9. The molecular weight excluding hydrogens is 239 g/mol. The Bertz CT molecular complexity index is 344. The number of benzene rings is 1. The van der Waals surface area contributed by atoms with E-state index < -0.39 is 0 Å². The minimum atomic E-state index is -0.361. The van der Waals surface area contributed by atoms with Gasteiger partial charge in [0.15, 0.2) is 0 Å². The van der Waals surface area contributed by atoms with E-state index in [9.17, 15) is 4.39 Å². The first-order valence-electron chi connectivity index (χ1n) is 5.98. The van der Waals surface area contributed by atoms with Crippen molar-refractivity contribution in [1.29, 1.82) is 0 Å². The Morgan fingerprint density at radius 1 is 1.41 bits per heavy atom. The first-order chi connectivity index (χ1) is 8.13. The summed E-state index contributed by atoms with van der Waals surface area (Å²) in [5.41, 5.74) is 6.58. The lowest BCUT2D eigenvalue weighted by Crippen LogP contribution is -2.22. The molecule has 1 aromatic carbocycles. The van der Waals surface area contributed by atoms with Crippen LogP contribution in [0.3, 0.4) is 0 Å². The molecule has 96 valence electrons. The maximum Gasteiger partial charge on any atom is 0.141 e. The van der Waals surface area contributed by atoms with Crippen LogP contribution in [0.5, 0.6) is 0 Å². The van der Waals surface area contributed by atoms with Gasteiger partial charge in [-0.1, -0.05) is 24.6 Å². The smallest absolute Gasteiger partial charge is 0.141 e. The third-order valence-electron chi connectivity index (χ3n) is 2.79. The quantitative estimate of drug-likeness (QED) is 0.738. The molecule has 1 rings (SSSR count). The van der Waals surface area contributed by atoms with Crippen molar-refractivity contribution in [3.05, 3.63) is 34.6 Å². The number of nitrogens with one attached hydrogen (secondary N) is 1. The van der Waals surface area contributed by atoms with E-state index in [1.54, 1.807) is 12.1 Å². The van der Waals surface area contributed by atoms with Crippen molar-refractivity contribution in [2.75, 3.05) is 19.6 Å². The summed E-state index contributed by atoms with van der Waals surface area (Å²) >= 11 is 5.70. The number of rotatable bonds is 7. The summed E-state index contributed by atoms with van der Waals surface area (Å²) in [4.78, 5) is 0. The first-order valence-corrected chi connectivity index (χ1v) is 6.36. The Morgan fingerprint density at radius 3 is 2.82 bits per heavy atom. The summed E-state index contributed by atoms with van der Waals surface area (Å²) in [6.45, 7) is 4.71. The predicted octanol–water partition coefficient (Wildman–Crippen LogP) is 2.60. The van der Waals surface area contributed by atoms with Crippen LogP contribution in [-0.4, -0.2) is 19.6 Å². The van der Waals surface area contributed by atoms with Crippen molar-refractivity contribution in [2.45, 2.75) is 19.8 Å². The zero-order chi connectivity index (χ0) is 12.7. The van der Waals surface area contributed by atoms with Gasteiger partial charge in [-0.2, -0.15) is 0 Å². The molecule has 2 nitrogen and oxygen atoms in total. The molecule has 0 fully saturated rings. The van der Waals surface area contributed by atoms with Crippen LogP contribution in [-0.2, 0) is 6.42 Å². The highest BCUT2D eigenvalue weighted by Crippen LogP contribution is 2.16. The maximum atomic E-state index is 12.9. The van der Waals surface area contributed by atoms with E-state index in [2.05, 4.69) is 12.2 Å². The summed E-state index contributed by atoms with van der Waals surface area (Å²) in [5.74, 6) is 0.197. The molecule has 0 saturated heterocycles. The van der Waals surface area contributed by atoms with Crippen LogP contribution < -0.4 is 11.1 Å². The Kier molecular flexibility index (Phi) is 6.48. The van der Waals surface area contributed by atoms with Crippen molar-refractivity contribution in [3.8, 4) is 0 Å². The molecule has 3 N–H and O–H groups in total. The SMILES string of the molecule is CC(CN)CCNCCc1ccc(F)c(Cl)c1. The normalized spacial score (nSPS) is 12.7. The lowest BCUT2D eigenvalue weighted by molar-refractivity contribution is 0.511. The molecule has 0 heterocycles. The molecule has 4 heteroatoms. The monoisotopic (exact) mass is 258 g/mol. The van der Waals surface area contributed by atoms with Crippen LogP contribution in [0.1, 0.15) is 18.9 Å². The first kappa shape index (κ1) is 14.4. The molecule has 0 aliphatic rings. The largest absolute Gasteiger partial charge is 0.330 e. The fraction of sp³-hybridized carbons (Fsp3) is 0.538. The van der Waals surface area contributed by atoms with Crippen molar-refractivity contribution in [3.63, 3.8) is 0 Å². The van der Waals surface area contributed by atoms with Crippen LogP contribution >= 0.6 is 11.6 Å². The lowest BCUT2D eigenvalue weighted by atomic mass is 10.1. The molecule has 1 atom stereocenters. The fourth-order valence-corrected chi connectivity index (χ4v) is 1.72. The third kappa shape index (κ3) is 5.48. The van der Waals surface area contributed by atoms with Gasteiger partial charge in [-0.05, 0) is 56.1 Å². The van der Waals surface area contributed by atoms with Gasteiger partial charge in [0.2, 0.25) is 0 Å². The van der Waals surface area contributed by atoms with Gasteiger partial charge in [-0.15, -0.1) is 0 Å². The zero-order valence-electron chi connectivity index (χ0n) is 10.2. The van der Waals surface area contributed by atoms with E-state index in [0.29, 0.717) is 5.92 Å². The summed E-state index contributed by atoms with van der Waals surface area (Å²) in [5, 5.41) is 3.53. The summed E-state index contributed by atoms with van der Waals surface area (Å²) in [6.07, 6.45) is 1.94. The molecule has 0 spiro atoms. The molecule has 0 amide bonds. The van der Waals surface area contributed by atoms with Gasteiger partial charge in [-0.3, -0.25) is 0 Å². The van der Waals surface area contributed by atoms with Gasteiger partial charge >= 0.3 is 0 Å². The minimum absolute atomic E-state index is 0.194. The second kappa shape index (κ2) is 7.64. The summed E-state index contributed by atoms with van der Waals surface area (Å²) < 4.78 is 12.9. The molecule has 1 aromatic rings. The van der Waals surface area contributed by atoms with Crippen molar-refractivity contribution < 1.29 is 4.39 Å². The van der Waals surface area contributed by atoms with E-state index >= 15 is 0 Å². The average molecular weight is 259 g/mol. The minimum Gasteiger partial charge on any atom is -0.330 e. The van der Waals surface area contributed by atoms with E-state index in [0.717, 1.165) is 38.0 Å². The fourth-order valence-electron chi connectivity index (χ4n) is 1.52. The molecule has 0 saturated carbocycles. The lowest BCUT2D eigenvalue weighted by Gasteiger charge is -2.09. The Morgan fingerprint density at radius 2 is 2.18 bits per heavy atom. The van der Waals surface area contributed by atoms with Gasteiger partial charge in [-0.25, -0.2) is 4.39 Å². The van der Waals surface area contributed by atoms with Crippen LogP contribution in [0.25, 0.3) is 0 Å². The Balaban J connectivity index is 2.20. The molecular formula is C13H20ClFN2. The molecule has 17 heavy (non-hydrogen) atoms. The van der Waals surface area contributed by atoms with Gasteiger partial charge in [0.1, 0.15) is 5.82 Å². The third-order valence-corrected chi connectivity index (χ3v) is 3.08. The highest BCUT2D eigenvalue weighted by molar-refractivity contribution is 6.30. The van der Waals surface area contributed by atoms with Crippen LogP contribution in [0.15, 0.2) is 18.2 Å². The molecule has 0 aromatic heterocycles. The predicted molar refractivity (Wildman–Crippen MR) is 70.8 cm³/mol. The highest BCUT2D eigenvalue weighted by atomic mass is 35.5. The zero-order valence-corrected chi connectivity index (χ0v) is 10.9. The van der Waals surface area contributed by atoms with Gasteiger partial charge in [0.25, 0.3) is 0 Å². The van der Waals surface area contributed by atoms with Gasteiger partial charge in [0.05, 0.1) is 5.02 Å². The number of halogens is 2. The van der Waals surface area contributed by atoms with Crippen molar-refractivity contribution in [2.24, 2.45) is 11.7 Å². The van der Waals surface area contributed by atoms with Gasteiger partial charge < -0.3 is 11.1 Å². The number of hydrogen-bond donors (Lipinski definition) is 2. The topological polar surface area (TPSA) is 38.0 Å². The molecule has 0 radical (unpaired) electrons. The molecule has 0 aliphatic heterocycles. The summed E-state index contributed by atoms with van der Waals surface area (Å²) in [6, 6.07) is 4.86. The second-order valence-electron chi connectivity index (χ2n) is 4.38. The van der Waals surface area contributed by atoms with E-state index in [1.165, 1.54) is 6.07 Å². The number of hydrogen-bond acceptors (Lipinski definition) is 2. The standard InChI is InChI=1S/C13H20ClFN2/c1-10(9-16)4-6-17-7-5-11-2-3-13(15)12(14)8-11/h2-3,8,10,17H,4-7,9,16H2,1H3. The Hall–Kier alpha value is -0.640. The molecule has 0 aliphatic carbocycles. The molecule has 0 bridgehead atoms. The van der Waals surface area contributed by atoms with Crippen LogP contribution in [0.2, 0.25) is 5.02 Å². The Labute approximate surface area is 107 Å². The van der Waals surface area contributed by atoms with Crippen LogP contribution in [0.4, 0.5) is 4.39 Å². The van der Waals surface area contributed by atoms with Crippen molar-refractivity contribution in [1.82, 2.24) is 5.32 Å². The van der Waals surface area contributed by atoms with E-state index in [1.807, 2.05) is 0 Å². The van der Waals surface area contributed by atoms with Crippen LogP contribution in [0, 0.1) is 11.7 Å². The number of nitrogens with two attached hydrogens (primary N) is 1. The van der Waals surface area contributed by atoms with Crippen molar-refractivity contribution >= 4 is 11.6 Å². The second-order valence-corrected chi connectivity index (χ2v) is 4.79. The van der Waals surface area contributed by atoms with Gasteiger partial charge in [0, 0.05) is 0 Å². The van der Waals surface area contributed by atoms with E-state index in [4.69, 9.17) is 17.3 Å². The average Bonchev–Trinajstić information content (AvgIpc) is 2.33. The van der Waals surface area contributed by atoms with E-state index in [-0.39, 0.29) is 10.8 Å². The highest BCUT2D eigenvalue weighted by Gasteiger charge is 2.01. The molecule has 1 unspecified atom stereocenters.